The van der Waals surface area contributed by atoms with E-state index in [-0.39, 0.29) is 2.85 Å². The minimum absolute atomic E-state index is 0. The summed E-state index contributed by atoms with van der Waals surface area (Å²) < 4.78 is 0. The van der Waals surface area contributed by atoms with E-state index in [1.165, 1.54) is 17.3 Å². The Kier molecular flexibility index (Phi) is 7.96. The maximum absolute atomic E-state index is 6.33. The van der Waals surface area contributed by atoms with Gasteiger partial charge in [-0.15, -0.1) is 0 Å². The number of rotatable bonds is 3. The number of benzene rings is 1. The maximum atomic E-state index is 6.33. The third-order valence-corrected chi connectivity index (χ3v) is 2.39. The first-order valence-corrected chi connectivity index (χ1v) is 6.49. The lowest BCUT2D eigenvalue weighted by Gasteiger charge is -2.14. The molecule has 1 aromatic rings. The minimum atomic E-state index is 0. The molecule has 0 spiro atoms. The summed E-state index contributed by atoms with van der Waals surface area (Å²) in [6, 6.07) is 6.27. The van der Waals surface area contributed by atoms with Crippen molar-refractivity contribution in [2.75, 3.05) is 5.32 Å². The molecule has 0 saturated carbocycles. The molecule has 0 radical (unpaired) electrons. The zero-order valence-corrected chi connectivity index (χ0v) is 12.4. The molecule has 0 aliphatic rings. The van der Waals surface area contributed by atoms with Crippen LogP contribution in [0.5, 0.6) is 0 Å². The molecule has 0 aliphatic heterocycles. The SMILES string of the molecule is CCC=N.Cc1ccc(C(C)C)c(NC(N)=S)c1.[HH].[HH]. The molecule has 4 N–H and O–H groups in total. The van der Waals surface area contributed by atoms with Crippen molar-refractivity contribution >= 4 is 29.2 Å². The molecule has 0 heterocycles. The van der Waals surface area contributed by atoms with Gasteiger partial charge in [0.25, 0.3) is 0 Å². The molecule has 0 bridgehead atoms. The van der Waals surface area contributed by atoms with Gasteiger partial charge in [0.05, 0.1) is 0 Å². The summed E-state index contributed by atoms with van der Waals surface area (Å²) in [5.74, 6) is 0.465. The summed E-state index contributed by atoms with van der Waals surface area (Å²) in [5.41, 5.74) is 8.93. The summed E-state index contributed by atoms with van der Waals surface area (Å²) in [4.78, 5) is 0. The number of aryl methyl sites for hydroxylation is 1. The van der Waals surface area contributed by atoms with Gasteiger partial charge < -0.3 is 16.5 Å². The average Bonchev–Trinajstić information content (AvgIpc) is 2.28. The van der Waals surface area contributed by atoms with Crippen LogP contribution in [0.3, 0.4) is 0 Å². The van der Waals surface area contributed by atoms with E-state index in [0.717, 1.165) is 12.1 Å². The molecule has 0 aliphatic carbocycles. The Morgan fingerprint density at radius 2 is 2.11 bits per heavy atom. The highest BCUT2D eigenvalue weighted by Crippen LogP contribution is 2.24. The van der Waals surface area contributed by atoms with Crippen LogP contribution in [0.25, 0.3) is 0 Å². The highest BCUT2D eigenvalue weighted by Gasteiger charge is 2.06. The van der Waals surface area contributed by atoms with Crippen LogP contribution in [0.4, 0.5) is 5.69 Å². The molecular formula is C14H27N3S. The number of nitrogens with one attached hydrogen (secondary N) is 2. The Labute approximate surface area is 118 Å². The lowest BCUT2D eigenvalue weighted by molar-refractivity contribution is 0.869. The molecule has 0 amide bonds. The first kappa shape index (κ1) is 16.6. The first-order chi connectivity index (χ1) is 8.42. The second-order valence-corrected chi connectivity index (χ2v) is 4.79. The Bertz CT molecular complexity index is 409. The number of thiocarbonyl (C=S) groups is 1. The quantitative estimate of drug-likeness (QED) is 0.566. The molecule has 1 rings (SSSR count). The zero-order valence-electron chi connectivity index (χ0n) is 11.6. The molecule has 3 nitrogen and oxygen atoms in total. The molecule has 0 aromatic heterocycles. The smallest absolute Gasteiger partial charge is 0.168 e. The predicted molar refractivity (Wildman–Crippen MR) is 89.0 cm³/mol. The van der Waals surface area contributed by atoms with Gasteiger partial charge in [-0.2, -0.15) is 0 Å². The number of hydrogen-bond donors (Lipinski definition) is 3. The molecule has 4 heteroatoms. The third kappa shape index (κ3) is 6.35. The van der Waals surface area contributed by atoms with E-state index in [1.54, 1.807) is 0 Å². The molecule has 0 atom stereocenters. The van der Waals surface area contributed by atoms with Gasteiger partial charge in [-0.25, -0.2) is 0 Å². The van der Waals surface area contributed by atoms with Crippen LogP contribution in [-0.2, 0) is 0 Å². The van der Waals surface area contributed by atoms with Crippen LogP contribution in [0.15, 0.2) is 18.2 Å². The van der Waals surface area contributed by atoms with E-state index in [4.69, 9.17) is 23.4 Å². The van der Waals surface area contributed by atoms with Crippen molar-refractivity contribution in [3.8, 4) is 0 Å². The topological polar surface area (TPSA) is 61.9 Å². The van der Waals surface area contributed by atoms with E-state index in [9.17, 15) is 0 Å². The zero-order chi connectivity index (χ0) is 14.1. The van der Waals surface area contributed by atoms with Crippen LogP contribution in [0.2, 0.25) is 0 Å². The Morgan fingerprint density at radius 3 is 2.50 bits per heavy atom. The Hall–Kier alpha value is -1.42. The maximum Gasteiger partial charge on any atom is 0.168 e. The van der Waals surface area contributed by atoms with Gasteiger partial charge in [0.15, 0.2) is 5.11 Å². The van der Waals surface area contributed by atoms with Crippen LogP contribution < -0.4 is 11.1 Å². The highest BCUT2D eigenvalue weighted by molar-refractivity contribution is 7.80. The van der Waals surface area contributed by atoms with Crippen molar-refractivity contribution in [3.05, 3.63) is 29.3 Å². The summed E-state index contributed by atoms with van der Waals surface area (Å²) in [6.45, 7) is 8.28. The van der Waals surface area contributed by atoms with Crippen molar-refractivity contribution in [1.29, 1.82) is 5.41 Å². The number of hydrogen-bond acceptors (Lipinski definition) is 2. The molecule has 0 fully saturated rings. The lowest BCUT2D eigenvalue weighted by Crippen LogP contribution is -2.20. The van der Waals surface area contributed by atoms with Gasteiger partial charge in [-0.1, -0.05) is 32.9 Å². The minimum Gasteiger partial charge on any atom is -0.376 e. The van der Waals surface area contributed by atoms with Crippen molar-refractivity contribution in [1.82, 2.24) is 0 Å². The lowest BCUT2D eigenvalue weighted by atomic mass is 9.99. The van der Waals surface area contributed by atoms with Crippen LogP contribution >= 0.6 is 12.2 Å². The van der Waals surface area contributed by atoms with E-state index >= 15 is 0 Å². The van der Waals surface area contributed by atoms with Gasteiger partial charge in [0, 0.05) is 8.54 Å². The molecule has 0 unspecified atom stereocenters. The molecule has 0 saturated heterocycles. The summed E-state index contributed by atoms with van der Waals surface area (Å²) >= 11 is 4.83. The summed E-state index contributed by atoms with van der Waals surface area (Å²) in [5, 5.41) is 9.65. The first-order valence-electron chi connectivity index (χ1n) is 6.08. The number of nitrogens with two attached hydrogens (primary N) is 1. The second-order valence-electron chi connectivity index (χ2n) is 4.35. The highest BCUT2D eigenvalue weighted by atomic mass is 32.1. The van der Waals surface area contributed by atoms with Crippen LogP contribution in [-0.4, -0.2) is 11.3 Å². The van der Waals surface area contributed by atoms with Gasteiger partial charge in [0.1, 0.15) is 0 Å². The second kappa shape index (κ2) is 8.64. The normalized spacial score (nSPS) is 9.39. The Morgan fingerprint density at radius 1 is 1.56 bits per heavy atom. The van der Waals surface area contributed by atoms with Crippen LogP contribution in [0.1, 0.15) is 47.1 Å². The van der Waals surface area contributed by atoms with Gasteiger partial charge in [0.2, 0.25) is 0 Å². The van der Waals surface area contributed by atoms with E-state index in [1.807, 2.05) is 6.92 Å². The fourth-order valence-corrected chi connectivity index (χ4v) is 1.52. The third-order valence-electron chi connectivity index (χ3n) is 2.29. The molecular weight excluding hydrogens is 242 g/mol. The molecule has 104 valence electrons. The standard InChI is InChI=1S/C11H16N2S.C3H7N.2H2/c1-7(2)9-5-4-8(3)6-10(9)13-11(12)14;1-2-3-4;;/h4-7H,1-3H3,(H3,12,13,14);3-4H,2H2,1H3;2*1H. The molecule has 1 aromatic carbocycles. The fraction of sp³-hybridized carbons (Fsp3) is 0.429. The average molecular weight is 269 g/mol. The van der Waals surface area contributed by atoms with E-state index < -0.39 is 0 Å². The predicted octanol–water partition coefficient (Wildman–Crippen LogP) is 4.31. The van der Waals surface area contributed by atoms with Gasteiger partial charge in [-0.05, 0) is 54.9 Å². The van der Waals surface area contributed by atoms with Crippen molar-refractivity contribution in [3.63, 3.8) is 0 Å². The molecule has 18 heavy (non-hydrogen) atoms. The summed E-state index contributed by atoms with van der Waals surface area (Å²) in [6.07, 6.45) is 2.24. The van der Waals surface area contributed by atoms with E-state index in [2.05, 4.69) is 44.3 Å². The van der Waals surface area contributed by atoms with Crippen molar-refractivity contribution in [2.45, 2.75) is 40.0 Å². The van der Waals surface area contributed by atoms with Crippen molar-refractivity contribution in [2.24, 2.45) is 5.73 Å². The van der Waals surface area contributed by atoms with Crippen molar-refractivity contribution < 1.29 is 2.85 Å². The Balaban J connectivity index is -0.000000429. The van der Waals surface area contributed by atoms with Gasteiger partial charge in [-0.3, -0.25) is 0 Å². The largest absolute Gasteiger partial charge is 0.376 e. The summed E-state index contributed by atoms with van der Waals surface area (Å²) in [7, 11) is 0. The van der Waals surface area contributed by atoms with Crippen LogP contribution in [0, 0.1) is 12.3 Å². The number of anilines is 1. The monoisotopic (exact) mass is 269 g/mol. The fourth-order valence-electron chi connectivity index (χ4n) is 1.41. The van der Waals surface area contributed by atoms with Gasteiger partial charge >= 0.3 is 0 Å². The van der Waals surface area contributed by atoms with E-state index in [0.29, 0.717) is 11.0 Å².